The summed E-state index contributed by atoms with van der Waals surface area (Å²) in [5.74, 6) is -1.22. The lowest BCUT2D eigenvalue weighted by molar-refractivity contribution is -0.146. The lowest BCUT2D eigenvalue weighted by Crippen LogP contribution is -2.57. The molecular formula is C38H42N4O8. The number of aromatic nitrogens is 1. The molecule has 0 unspecified atom stereocenters. The molecule has 1 aliphatic heterocycles. The first-order chi connectivity index (χ1) is 23.9. The average molecular weight is 683 g/mol. The molecule has 1 saturated heterocycles. The van der Waals surface area contributed by atoms with E-state index in [1.165, 1.54) is 4.90 Å². The number of nitrogens with zero attached hydrogens (tertiary/aromatic N) is 2. The summed E-state index contributed by atoms with van der Waals surface area (Å²) in [5, 5.41) is 14.4. The number of hydrogen-bond donors (Lipinski definition) is 3. The normalized spacial score (nSPS) is 14.2. The van der Waals surface area contributed by atoms with Gasteiger partial charge >= 0.3 is 6.09 Å². The SMILES string of the molecule is COc1cccc(COc2cccc(C(O)=CC(=O)C(=O)N3CCN(C(=O)[C@H](Cc4c[nH]c5ccccc45)NC(=O)OC(C)(C)C)CC3)c2)c1. The Hall–Kier alpha value is -5.78. The number of amides is 3. The number of alkyl carbamates (subject to hydrolysis) is 1. The van der Waals surface area contributed by atoms with Gasteiger partial charge in [-0.1, -0.05) is 42.5 Å². The number of methoxy groups -OCH3 is 1. The summed E-state index contributed by atoms with van der Waals surface area (Å²) in [5.41, 5.74) is 2.21. The van der Waals surface area contributed by atoms with Crippen LogP contribution in [0.1, 0.15) is 37.5 Å². The van der Waals surface area contributed by atoms with Crippen LogP contribution >= 0.6 is 0 Å². The van der Waals surface area contributed by atoms with Crippen LogP contribution in [0, 0.1) is 0 Å². The Morgan fingerprint density at radius 2 is 1.62 bits per heavy atom. The fourth-order valence-electron chi connectivity index (χ4n) is 5.62. The van der Waals surface area contributed by atoms with E-state index in [9.17, 15) is 24.3 Å². The number of para-hydroxylation sites is 1. The third-order valence-electron chi connectivity index (χ3n) is 8.11. The first-order valence-electron chi connectivity index (χ1n) is 16.3. The molecule has 1 fully saturated rings. The van der Waals surface area contributed by atoms with Crippen molar-refractivity contribution in [2.75, 3.05) is 33.3 Å². The molecular weight excluding hydrogens is 640 g/mol. The first kappa shape index (κ1) is 35.5. The molecule has 3 N–H and O–H groups in total. The molecule has 262 valence electrons. The highest BCUT2D eigenvalue weighted by molar-refractivity contribution is 6.41. The van der Waals surface area contributed by atoms with Gasteiger partial charge < -0.3 is 39.4 Å². The molecule has 1 aliphatic rings. The van der Waals surface area contributed by atoms with Gasteiger partial charge in [0.2, 0.25) is 11.7 Å². The summed E-state index contributed by atoms with van der Waals surface area (Å²) in [6, 6.07) is 20.8. The molecule has 1 aromatic heterocycles. The summed E-state index contributed by atoms with van der Waals surface area (Å²) < 4.78 is 16.5. The van der Waals surface area contributed by atoms with Crippen LogP contribution in [0.2, 0.25) is 0 Å². The summed E-state index contributed by atoms with van der Waals surface area (Å²) >= 11 is 0. The van der Waals surface area contributed by atoms with Crippen molar-refractivity contribution in [1.29, 1.82) is 0 Å². The van der Waals surface area contributed by atoms with Gasteiger partial charge in [0.15, 0.2) is 0 Å². The minimum atomic E-state index is -0.928. The summed E-state index contributed by atoms with van der Waals surface area (Å²) in [4.78, 5) is 58.6. The fraction of sp³-hybridized carbons (Fsp3) is 0.316. The Bertz CT molecular complexity index is 1880. The highest BCUT2D eigenvalue weighted by Gasteiger charge is 2.33. The van der Waals surface area contributed by atoms with Gasteiger partial charge in [-0.05, 0) is 62.2 Å². The topological polar surface area (TPSA) is 150 Å². The molecule has 0 spiro atoms. The second-order valence-electron chi connectivity index (χ2n) is 12.9. The van der Waals surface area contributed by atoms with Crippen LogP contribution in [0.25, 0.3) is 16.7 Å². The number of carbonyl (C=O) groups excluding carboxylic acids is 4. The van der Waals surface area contributed by atoms with E-state index in [1.807, 2.05) is 54.7 Å². The summed E-state index contributed by atoms with van der Waals surface area (Å²) in [7, 11) is 1.59. The van der Waals surface area contributed by atoms with E-state index in [-0.39, 0.29) is 50.9 Å². The standard InChI is InChI=1S/C38H42N4O8/c1-38(2,3)50-37(47)40-32(21-27-23-39-31-14-6-5-13-30(27)31)35(45)41-15-17-42(18-16-41)36(46)34(44)22-33(43)26-10-8-12-29(20-26)49-24-25-9-7-11-28(19-25)48-4/h5-14,19-20,22-23,32,39,43H,15-18,21,24H2,1-4H3,(H,40,47)/t32-/m0/s1. The van der Waals surface area contributed by atoms with Gasteiger partial charge in [0.05, 0.1) is 7.11 Å². The van der Waals surface area contributed by atoms with Gasteiger partial charge in [0.1, 0.15) is 35.5 Å². The maximum absolute atomic E-state index is 13.8. The van der Waals surface area contributed by atoms with Gasteiger partial charge in [-0.2, -0.15) is 0 Å². The van der Waals surface area contributed by atoms with E-state index in [1.54, 1.807) is 57.0 Å². The van der Waals surface area contributed by atoms with Gasteiger partial charge in [-0.15, -0.1) is 0 Å². The molecule has 0 radical (unpaired) electrons. The number of aliphatic hydroxyl groups excluding tert-OH is 1. The minimum absolute atomic E-state index is 0.102. The smallest absolute Gasteiger partial charge is 0.408 e. The van der Waals surface area contributed by atoms with Crippen LogP contribution in [0.4, 0.5) is 4.79 Å². The lowest BCUT2D eigenvalue weighted by Gasteiger charge is -2.36. The molecule has 12 heteroatoms. The van der Waals surface area contributed by atoms with E-state index in [2.05, 4.69) is 10.3 Å². The van der Waals surface area contributed by atoms with E-state index < -0.39 is 29.4 Å². The van der Waals surface area contributed by atoms with Crippen LogP contribution in [0.15, 0.2) is 85.1 Å². The predicted molar refractivity (Wildman–Crippen MR) is 188 cm³/mol. The zero-order valence-electron chi connectivity index (χ0n) is 28.6. The van der Waals surface area contributed by atoms with Crippen molar-refractivity contribution >= 4 is 40.4 Å². The van der Waals surface area contributed by atoms with E-state index in [0.717, 1.165) is 28.1 Å². The number of H-pyrrole nitrogens is 1. The molecule has 4 aromatic rings. The molecule has 0 aliphatic carbocycles. The molecule has 0 saturated carbocycles. The van der Waals surface area contributed by atoms with E-state index >= 15 is 0 Å². The minimum Gasteiger partial charge on any atom is -0.507 e. The predicted octanol–water partition coefficient (Wildman–Crippen LogP) is 5.03. The van der Waals surface area contributed by atoms with Crippen LogP contribution in [0.3, 0.4) is 0 Å². The molecule has 3 amide bonds. The average Bonchev–Trinajstić information content (AvgIpc) is 3.51. The van der Waals surface area contributed by atoms with Gasteiger partial charge in [0, 0.05) is 61.3 Å². The number of ketones is 1. The molecule has 50 heavy (non-hydrogen) atoms. The zero-order valence-corrected chi connectivity index (χ0v) is 28.6. The van der Waals surface area contributed by atoms with Crippen molar-refractivity contribution in [3.05, 3.63) is 102 Å². The van der Waals surface area contributed by atoms with Crippen molar-refractivity contribution in [3.63, 3.8) is 0 Å². The Morgan fingerprint density at radius 3 is 2.36 bits per heavy atom. The Morgan fingerprint density at radius 1 is 0.920 bits per heavy atom. The third-order valence-corrected chi connectivity index (χ3v) is 8.11. The van der Waals surface area contributed by atoms with Crippen molar-refractivity contribution in [2.45, 2.75) is 45.4 Å². The number of aromatic amines is 1. The number of ether oxygens (including phenoxy) is 3. The first-order valence-corrected chi connectivity index (χ1v) is 16.3. The van der Waals surface area contributed by atoms with Gasteiger partial charge in [-0.3, -0.25) is 14.4 Å². The van der Waals surface area contributed by atoms with Crippen molar-refractivity contribution in [2.24, 2.45) is 0 Å². The third kappa shape index (κ3) is 9.22. The van der Waals surface area contributed by atoms with Crippen LogP contribution in [-0.4, -0.2) is 88.5 Å². The van der Waals surface area contributed by atoms with Crippen molar-refractivity contribution in [1.82, 2.24) is 20.1 Å². The Balaban J connectivity index is 1.19. The molecule has 12 nitrogen and oxygen atoms in total. The number of aliphatic hydroxyl groups is 1. The highest BCUT2D eigenvalue weighted by atomic mass is 16.6. The Kier molecular flexibility index (Phi) is 11.1. The van der Waals surface area contributed by atoms with E-state index in [4.69, 9.17) is 14.2 Å². The number of hydrogen-bond acceptors (Lipinski definition) is 8. The van der Waals surface area contributed by atoms with Gasteiger partial charge in [0.25, 0.3) is 5.91 Å². The maximum atomic E-state index is 13.8. The highest BCUT2D eigenvalue weighted by Crippen LogP contribution is 2.22. The molecule has 1 atom stereocenters. The van der Waals surface area contributed by atoms with Crippen LogP contribution in [-0.2, 0) is 32.1 Å². The maximum Gasteiger partial charge on any atom is 0.408 e. The monoisotopic (exact) mass is 682 g/mol. The number of piperazine rings is 1. The van der Waals surface area contributed by atoms with Crippen molar-refractivity contribution < 1.29 is 38.5 Å². The van der Waals surface area contributed by atoms with Gasteiger partial charge in [-0.25, -0.2) is 4.79 Å². The van der Waals surface area contributed by atoms with Crippen molar-refractivity contribution in [3.8, 4) is 11.5 Å². The lowest BCUT2D eigenvalue weighted by atomic mass is 10.0. The van der Waals surface area contributed by atoms with E-state index in [0.29, 0.717) is 17.1 Å². The molecule has 5 rings (SSSR count). The second-order valence-corrected chi connectivity index (χ2v) is 12.9. The number of benzene rings is 3. The summed E-state index contributed by atoms with van der Waals surface area (Å²) in [6.45, 7) is 6.00. The van der Waals surface area contributed by atoms with Crippen LogP contribution in [0.5, 0.6) is 11.5 Å². The Labute approximate surface area is 290 Å². The number of fused-ring (bicyclic) bond motifs is 1. The number of carbonyl (C=O) groups is 4. The largest absolute Gasteiger partial charge is 0.507 e. The zero-order chi connectivity index (χ0) is 35.8. The second kappa shape index (κ2) is 15.6. The molecule has 2 heterocycles. The summed E-state index contributed by atoms with van der Waals surface area (Å²) in [6.07, 6.45) is 2.22. The fourth-order valence-corrected chi connectivity index (χ4v) is 5.62. The molecule has 3 aromatic carbocycles. The quantitative estimate of drug-likeness (QED) is 0.113. The number of nitrogens with one attached hydrogen (secondary N) is 2. The van der Waals surface area contributed by atoms with Crippen LogP contribution < -0.4 is 14.8 Å². The number of rotatable bonds is 11. The molecule has 0 bridgehead atoms.